The third kappa shape index (κ3) is 3.55. The normalized spacial score (nSPS) is 20.3. The Morgan fingerprint density at radius 2 is 2.00 bits per heavy atom. The largest absolute Gasteiger partial charge is 0.379 e. The van der Waals surface area contributed by atoms with Crippen LogP contribution in [0.3, 0.4) is 0 Å². The third-order valence-electron chi connectivity index (χ3n) is 5.44. The van der Waals surface area contributed by atoms with Gasteiger partial charge in [0, 0.05) is 38.1 Å². The number of hydrogen-bond donors (Lipinski definition) is 1. The van der Waals surface area contributed by atoms with Gasteiger partial charge in [-0.1, -0.05) is 11.6 Å². The summed E-state index contributed by atoms with van der Waals surface area (Å²) in [4.78, 5) is 17.4. The van der Waals surface area contributed by atoms with Crippen LogP contribution < -0.4 is 0 Å². The van der Waals surface area contributed by atoms with Crippen molar-refractivity contribution in [1.82, 2.24) is 20.0 Å². The highest BCUT2D eigenvalue weighted by Gasteiger charge is 2.27. The molecule has 0 spiro atoms. The summed E-state index contributed by atoms with van der Waals surface area (Å²) in [6, 6.07) is 6.06. The van der Waals surface area contributed by atoms with Crippen molar-refractivity contribution in [1.29, 1.82) is 0 Å². The van der Waals surface area contributed by atoms with Crippen LogP contribution in [0.15, 0.2) is 18.2 Å². The standard InChI is InChI=1S/C19H26N4O2/c1-14-2-3-17-16(12-14)18(21-20-17)19(24)23-6-4-15(5-7-23)13-22-8-10-25-11-9-22/h2-3,12,15H,4-11,13H2,1H3,(H,20,21). The van der Waals surface area contributed by atoms with Gasteiger partial charge in [-0.15, -0.1) is 0 Å². The number of H-pyrrole nitrogens is 1. The van der Waals surface area contributed by atoms with Crippen LogP contribution >= 0.6 is 0 Å². The average Bonchev–Trinajstić information content (AvgIpc) is 3.05. The summed E-state index contributed by atoms with van der Waals surface area (Å²) in [6.07, 6.45) is 2.15. The number of carbonyl (C=O) groups excluding carboxylic acids is 1. The number of aryl methyl sites for hydroxylation is 1. The van der Waals surface area contributed by atoms with Crippen LogP contribution in [0, 0.1) is 12.8 Å². The number of aromatic amines is 1. The molecule has 0 aliphatic carbocycles. The van der Waals surface area contributed by atoms with Crippen LogP contribution in [-0.4, -0.2) is 71.8 Å². The number of benzene rings is 1. The van der Waals surface area contributed by atoms with Gasteiger partial charge in [0.2, 0.25) is 0 Å². The first-order valence-corrected chi connectivity index (χ1v) is 9.25. The molecule has 0 bridgehead atoms. The van der Waals surface area contributed by atoms with E-state index in [1.807, 2.05) is 30.0 Å². The van der Waals surface area contributed by atoms with Gasteiger partial charge in [0.15, 0.2) is 5.69 Å². The van der Waals surface area contributed by atoms with E-state index in [4.69, 9.17) is 4.74 Å². The molecule has 0 saturated carbocycles. The summed E-state index contributed by atoms with van der Waals surface area (Å²) >= 11 is 0. The fourth-order valence-corrected chi connectivity index (χ4v) is 3.91. The number of piperidine rings is 1. The highest BCUT2D eigenvalue weighted by atomic mass is 16.5. The predicted octanol–water partition coefficient (Wildman–Crippen LogP) is 2.06. The van der Waals surface area contributed by atoms with Gasteiger partial charge in [0.05, 0.1) is 18.7 Å². The van der Waals surface area contributed by atoms with E-state index in [0.29, 0.717) is 11.6 Å². The molecule has 1 N–H and O–H groups in total. The zero-order valence-electron chi connectivity index (χ0n) is 14.8. The quantitative estimate of drug-likeness (QED) is 0.927. The lowest BCUT2D eigenvalue weighted by Gasteiger charge is -2.35. The molecule has 3 heterocycles. The maximum absolute atomic E-state index is 12.9. The van der Waals surface area contributed by atoms with E-state index in [1.165, 1.54) is 0 Å². The van der Waals surface area contributed by atoms with E-state index < -0.39 is 0 Å². The van der Waals surface area contributed by atoms with E-state index in [2.05, 4.69) is 15.1 Å². The van der Waals surface area contributed by atoms with Crippen molar-refractivity contribution < 1.29 is 9.53 Å². The van der Waals surface area contributed by atoms with Gasteiger partial charge in [-0.2, -0.15) is 5.10 Å². The molecule has 6 heteroatoms. The van der Waals surface area contributed by atoms with Crippen molar-refractivity contribution in [3.05, 3.63) is 29.5 Å². The monoisotopic (exact) mass is 342 g/mol. The van der Waals surface area contributed by atoms with E-state index in [0.717, 1.165) is 75.2 Å². The first-order valence-electron chi connectivity index (χ1n) is 9.25. The molecule has 2 fully saturated rings. The number of fused-ring (bicyclic) bond motifs is 1. The highest BCUT2D eigenvalue weighted by Crippen LogP contribution is 2.23. The van der Waals surface area contributed by atoms with Gasteiger partial charge < -0.3 is 9.64 Å². The first-order chi connectivity index (χ1) is 12.2. The number of aromatic nitrogens is 2. The first kappa shape index (κ1) is 16.5. The molecule has 0 unspecified atom stereocenters. The Balaban J connectivity index is 1.38. The van der Waals surface area contributed by atoms with E-state index in [9.17, 15) is 4.79 Å². The molecule has 2 aromatic rings. The fraction of sp³-hybridized carbons (Fsp3) is 0.579. The lowest BCUT2D eigenvalue weighted by molar-refractivity contribution is 0.0242. The fourth-order valence-electron chi connectivity index (χ4n) is 3.91. The minimum Gasteiger partial charge on any atom is -0.379 e. The van der Waals surface area contributed by atoms with Gasteiger partial charge in [-0.25, -0.2) is 0 Å². The van der Waals surface area contributed by atoms with Crippen LogP contribution in [0.4, 0.5) is 0 Å². The van der Waals surface area contributed by atoms with Crippen LogP contribution in [0.1, 0.15) is 28.9 Å². The maximum atomic E-state index is 12.9. The molecule has 134 valence electrons. The van der Waals surface area contributed by atoms with Gasteiger partial charge in [0.1, 0.15) is 0 Å². The van der Waals surface area contributed by atoms with E-state index in [-0.39, 0.29) is 5.91 Å². The Hall–Kier alpha value is -1.92. The molecular formula is C19H26N4O2. The zero-order chi connectivity index (χ0) is 17.2. The second kappa shape index (κ2) is 7.14. The molecule has 6 nitrogen and oxygen atoms in total. The molecule has 4 rings (SSSR count). The summed E-state index contributed by atoms with van der Waals surface area (Å²) in [7, 11) is 0. The van der Waals surface area contributed by atoms with Gasteiger partial charge in [-0.05, 0) is 37.8 Å². The summed E-state index contributed by atoms with van der Waals surface area (Å²) in [5, 5.41) is 8.20. The summed E-state index contributed by atoms with van der Waals surface area (Å²) in [5.41, 5.74) is 2.63. The summed E-state index contributed by atoms with van der Waals surface area (Å²) in [5.74, 6) is 0.738. The molecule has 0 radical (unpaired) electrons. The Bertz CT molecular complexity index is 743. The number of rotatable bonds is 3. The number of ether oxygens (including phenoxy) is 1. The number of hydrogen-bond acceptors (Lipinski definition) is 4. The average molecular weight is 342 g/mol. The SMILES string of the molecule is Cc1ccc2[nH]nc(C(=O)N3CCC(CN4CCOCC4)CC3)c2c1. The summed E-state index contributed by atoms with van der Waals surface area (Å²) in [6.45, 7) is 8.61. The topological polar surface area (TPSA) is 61.5 Å². The molecule has 0 atom stereocenters. The molecule has 2 aliphatic rings. The maximum Gasteiger partial charge on any atom is 0.274 e. The molecule has 25 heavy (non-hydrogen) atoms. The van der Waals surface area contributed by atoms with Crippen LogP contribution in [0.2, 0.25) is 0 Å². The molecule has 2 saturated heterocycles. The molecule has 1 aromatic heterocycles. The van der Waals surface area contributed by atoms with Crippen LogP contribution in [-0.2, 0) is 4.74 Å². The second-order valence-electron chi connectivity index (χ2n) is 7.27. The lowest BCUT2D eigenvalue weighted by Crippen LogP contribution is -2.44. The number of nitrogens with one attached hydrogen (secondary N) is 1. The highest BCUT2D eigenvalue weighted by molar-refractivity contribution is 6.04. The number of morpholine rings is 1. The van der Waals surface area contributed by atoms with Crippen molar-refractivity contribution in [2.75, 3.05) is 45.9 Å². The number of amides is 1. The summed E-state index contributed by atoms with van der Waals surface area (Å²) < 4.78 is 5.42. The van der Waals surface area contributed by atoms with Crippen molar-refractivity contribution >= 4 is 16.8 Å². The smallest absolute Gasteiger partial charge is 0.274 e. The number of likely N-dealkylation sites (tertiary alicyclic amines) is 1. The van der Waals surface area contributed by atoms with Gasteiger partial charge in [-0.3, -0.25) is 14.8 Å². The van der Waals surface area contributed by atoms with Crippen molar-refractivity contribution in [2.24, 2.45) is 5.92 Å². The van der Waals surface area contributed by atoms with Crippen LogP contribution in [0.5, 0.6) is 0 Å². The Labute approximate surface area is 148 Å². The third-order valence-corrected chi connectivity index (χ3v) is 5.44. The molecule has 2 aliphatic heterocycles. The molecule has 1 aromatic carbocycles. The van der Waals surface area contributed by atoms with Crippen LogP contribution in [0.25, 0.3) is 10.9 Å². The van der Waals surface area contributed by atoms with Gasteiger partial charge >= 0.3 is 0 Å². The Morgan fingerprint density at radius 3 is 2.76 bits per heavy atom. The molecular weight excluding hydrogens is 316 g/mol. The van der Waals surface area contributed by atoms with Crippen molar-refractivity contribution in [3.8, 4) is 0 Å². The predicted molar refractivity (Wildman–Crippen MR) is 96.7 cm³/mol. The minimum atomic E-state index is 0.0571. The van der Waals surface area contributed by atoms with Gasteiger partial charge in [0.25, 0.3) is 5.91 Å². The van der Waals surface area contributed by atoms with E-state index >= 15 is 0 Å². The van der Waals surface area contributed by atoms with E-state index in [1.54, 1.807) is 0 Å². The van der Waals surface area contributed by atoms with Crippen molar-refractivity contribution in [3.63, 3.8) is 0 Å². The number of carbonyl (C=O) groups is 1. The Kier molecular flexibility index (Phi) is 4.72. The molecule has 1 amide bonds. The van der Waals surface area contributed by atoms with Crippen molar-refractivity contribution in [2.45, 2.75) is 19.8 Å². The zero-order valence-corrected chi connectivity index (χ0v) is 14.8. The lowest BCUT2D eigenvalue weighted by atomic mass is 9.95. The minimum absolute atomic E-state index is 0.0571. The Morgan fingerprint density at radius 1 is 1.24 bits per heavy atom. The number of nitrogens with zero attached hydrogens (tertiary/aromatic N) is 3. The second-order valence-corrected chi connectivity index (χ2v) is 7.27.